The van der Waals surface area contributed by atoms with Crippen LogP contribution in [0.4, 0.5) is 0 Å². The Morgan fingerprint density at radius 1 is 1.26 bits per heavy atom. The van der Waals surface area contributed by atoms with Crippen LogP contribution >= 0.6 is 0 Å². The average molecular weight is 371 g/mol. The molecular weight excluding hydrogens is 342 g/mol. The molecule has 0 bridgehead atoms. The molecular formula is C20H29N5O2. The van der Waals surface area contributed by atoms with Crippen molar-refractivity contribution >= 4 is 0 Å². The van der Waals surface area contributed by atoms with Gasteiger partial charge >= 0.3 is 0 Å². The molecule has 1 saturated heterocycles. The summed E-state index contributed by atoms with van der Waals surface area (Å²) >= 11 is 0. The van der Waals surface area contributed by atoms with Crippen molar-refractivity contribution in [3.8, 4) is 5.75 Å². The Bertz CT molecular complexity index is 730. The van der Waals surface area contributed by atoms with Crippen molar-refractivity contribution in [1.29, 1.82) is 0 Å². The fourth-order valence-electron chi connectivity index (χ4n) is 3.91. The second kappa shape index (κ2) is 8.37. The molecule has 0 aliphatic carbocycles. The van der Waals surface area contributed by atoms with Crippen molar-refractivity contribution < 1.29 is 9.47 Å². The van der Waals surface area contributed by atoms with Gasteiger partial charge in [-0.1, -0.05) is 17.3 Å². The van der Waals surface area contributed by atoms with E-state index >= 15 is 0 Å². The third-order valence-electron chi connectivity index (χ3n) is 5.36. The highest BCUT2D eigenvalue weighted by molar-refractivity contribution is 5.27. The molecule has 2 aliphatic heterocycles. The molecule has 0 N–H and O–H groups in total. The number of ether oxygens (including phenoxy) is 2. The second-order valence-electron chi connectivity index (χ2n) is 7.76. The van der Waals surface area contributed by atoms with Crippen LogP contribution in [0.25, 0.3) is 0 Å². The lowest BCUT2D eigenvalue weighted by Crippen LogP contribution is -2.47. The van der Waals surface area contributed by atoms with Crippen LogP contribution in [0.3, 0.4) is 0 Å². The molecule has 1 fully saturated rings. The van der Waals surface area contributed by atoms with E-state index in [0.29, 0.717) is 6.61 Å². The summed E-state index contributed by atoms with van der Waals surface area (Å²) in [5.74, 6) is 0.948. The second-order valence-corrected chi connectivity index (χ2v) is 7.76. The largest absolute Gasteiger partial charge is 0.494 e. The maximum Gasteiger partial charge on any atom is 0.119 e. The molecule has 7 nitrogen and oxygen atoms in total. The molecule has 3 heterocycles. The summed E-state index contributed by atoms with van der Waals surface area (Å²) in [5, 5.41) is 8.33. The van der Waals surface area contributed by atoms with E-state index in [4.69, 9.17) is 9.47 Å². The molecule has 7 heteroatoms. The Morgan fingerprint density at radius 2 is 2.11 bits per heavy atom. The lowest BCUT2D eigenvalue weighted by molar-refractivity contribution is -0.0669. The highest BCUT2D eigenvalue weighted by atomic mass is 16.5. The molecule has 0 amide bonds. The Kier molecular flexibility index (Phi) is 5.71. The van der Waals surface area contributed by atoms with Gasteiger partial charge in [0.1, 0.15) is 5.75 Å². The van der Waals surface area contributed by atoms with Gasteiger partial charge in [0.05, 0.1) is 37.3 Å². The van der Waals surface area contributed by atoms with E-state index in [-0.39, 0.29) is 12.1 Å². The van der Waals surface area contributed by atoms with Crippen LogP contribution < -0.4 is 4.74 Å². The van der Waals surface area contributed by atoms with Crippen molar-refractivity contribution in [2.45, 2.75) is 38.1 Å². The Hall–Kier alpha value is -1.96. The molecule has 27 heavy (non-hydrogen) atoms. The van der Waals surface area contributed by atoms with Gasteiger partial charge in [-0.2, -0.15) is 0 Å². The zero-order valence-corrected chi connectivity index (χ0v) is 16.3. The Morgan fingerprint density at radius 3 is 2.93 bits per heavy atom. The number of rotatable bonds is 7. The zero-order valence-electron chi connectivity index (χ0n) is 16.3. The van der Waals surface area contributed by atoms with Gasteiger partial charge in [-0.3, -0.25) is 4.90 Å². The quantitative estimate of drug-likeness (QED) is 0.694. The minimum absolute atomic E-state index is 0.258. The first kappa shape index (κ1) is 18.4. The molecule has 146 valence electrons. The number of likely N-dealkylation sites (tertiary alicyclic amines) is 1. The van der Waals surface area contributed by atoms with Gasteiger partial charge in [0.15, 0.2) is 0 Å². The number of hydrogen-bond acceptors (Lipinski definition) is 6. The Labute approximate surface area is 160 Å². The number of nitrogens with zero attached hydrogens (tertiary/aromatic N) is 5. The van der Waals surface area contributed by atoms with Crippen LogP contribution in [-0.4, -0.2) is 71.2 Å². The molecule has 2 aromatic rings. The van der Waals surface area contributed by atoms with Crippen LogP contribution in [0.5, 0.6) is 5.75 Å². The van der Waals surface area contributed by atoms with E-state index in [1.165, 1.54) is 5.56 Å². The predicted molar refractivity (Wildman–Crippen MR) is 103 cm³/mol. The van der Waals surface area contributed by atoms with Crippen molar-refractivity contribution in [3.63, 3.8) is 0 Å². The number of fused-ring (bicyclic) bond motifs is 3. The highest BCUT2D eigenvalue weighted by Crippen LogP contribution is 2.30. The maximum atomic E-state index is 6.00. The van der Waals surface area contributed by atoms with Crippen molar-refractivity contribution in [3.05, 3.63) is 41.7 Å². The van der Waals surface area contributed by atoms with E-state index in [0.717, 1.165) is 57.1 Å². The van der Waals surface area contributed by atoms with Gasteiger partial charge in [-0.15, -0.1) is 5.10 Å². The first-order chi connectivity index (χ1) is 13.2. The molecule has 0 spiro atoms. The van der Waals surface area contributed by atoms with Gasteiger partial charge in [-0.25, -0.2) is 4.68 Å². The van der Waals surface area contributed by atoms with Gasteiger partial charge < -0.3 is 14.4 Å². The minimum atomic E-state index is 0.258. The van der Waals surface area contributed by atoms with Gasteiger partial charge in [-0.05, 0) is 44.6 Å². The van der Waals surface area contributed by atoms with E-state index in [1.807, 2.05) is 6.20 Å². The molecule has 0 radical (unpaired) electrons. The van der Waals surface area contributed by atoms with Crippen LogP contribution in [-0.2, 0) is 17.9 Å². The average Bonchev–Trinajstić information content (AvgIpc) is 3.16. The van der Waals surface area contributed by atoms with E-state index in [1.54, 1.807) is 0 Å². The third kappa shape index (κ3) is 4.48. The fourth-order valence-corrected chi connectivity index (χ4v) is 3.91. The van der Waals surface area contributed by atoms with Crippen molar-refractivity contribution in [2.75, 3.05) is 40.3 Å². The SMILES string of the molecule is CN(C)CCCOc1ccc(CN2CC[C@@H]3OCc4cnnn4[C@@H]3C2)cc1. The summed E-state index contributed by atoms with van der Waals surface area (Å²) < 4.78 is 13.9. The lowest BCUT2D eigenvalue weighted by Gasteiger charge is -2.41. The molecule has 2 atom stereocenters. The lowest BCUT2D eigenvalue weighted by atomic mass is 10.00. The van der Waals surface area contributed by atoms with E-state index < -0.39 is 0 Å². The van der Waals surface area contributed by atoms with Crippen LogP contribution in [0.1, 0.15) is 30.1 Å². The van der Waals surface area contributed by atoms with E-state index in [2.05, 4.69) is 63.2 Å². The highest BCUT2D eigenvalue weighted by Gasteiger charge is 2.36. The molecule has 1 aromatic heterocycles. The number of benzene rings is 1. The summed E-state index contributed by atoms with van der Waals surface area (Å²) in [6.07, 6.45) is 4.15. The normalized spacial score (nSPS) is 22.5. The number of aromatic nitrogens is 3. The molecule has 0 unspecified atom stereocenters. The summed E-state index contributed by atoms with van der Waals surface area (Å²) in [6.45, 7) is 5.37. The van der Waals surface area contributed by atoms with Crippen molar-refractivity contribution in [1.82, 2.24) is 24.8 Å². The van der Waals surface area contributed by atoms with Crippen molar-refractivity contribution in [2.24, 2.45) is 0 Å². The maximum absolute atomic E-state index is 6.00. The van der Waals surface area contributed by atoms with Gasteiger partial charge in [0.2, 0.25) is 0 Å². The third-order valence-corrected chi connectivity index (χ3v) is 5.36. The monoisotopic (exact) mass is 371 g/mol. The van der Waals surface area contributed by atoms with E-state index in [9.17, 15) is 0 Å². The molecule has 0 saturated carbocycles. The summed E-state index contributed by atoms with van der Waals surface area (Å²) in [4.78, 5) is 4.66. The number of piperidine rings is 1. The van der Waals surface area contributed by atoms with Gasteiger partial charge in [0.25, 0.3) is 0 Å². The first-order valence-electron chi connectivity index (χ1n) is 9.78. The Balaban J connectivity index is 1.30. The number of hydrogen-bond donors (Lipinski definition) is 0. The minimum Gasteiger partial charge on any atom is -0.494 e. The van der Waals surface area contributed by atoms with Crippen LogP contribution in [0.2, 0.25) is 0 Å². The summed E-state index contributed by atoms with van der Waals surface area (Å²) in [5.41, 5.74) is 2.39. The molecule has 4 rings (SSSR count). The first-order valence-corrected chi connectivity index (χ1v) is 9.78. The summed E-state index contributed by atoms with van der Waals surface area (Å²) in [7, 11) is 4.17. The summed E-state index contributed by atoms with van der Waals surface area (Å²) in [6, 6.07) is 8.77. The fraction of sp³-hybridized carbons (Fsp3) is 0.600. The topological polar surface area (TPSA) is 55.6 Å². The van der Waals surface area contributed by atoms with Crippen LogP contribution in [0, 0.1) is 0 Å². The van der Waals surface area contributed by atoms with Crippen LogP contribution in [0.15, 0.2) is 30.5 Å². The standard InChI is InChI=1S/C20H29N5O2/c1-23(2)9-3-11-26-18-6-4-16(5-7-18)13-24-10-8-20-19(14-24)25-17(15-27-20)12-21-22-25/h4-7,12,19-20H,3,8-11,13-15H2,1-2H3/t19-,20+/m1/s1. The zero-order chi connectivity index (χ0) is 18.6. The molecule has 1 aromatic carbocycles. The molecule has 2 aliphatic rings. The smallest absolute Gasteiger partial charge is 0.119 e. The van der Waals surface area contributed by atoms with Gasteiger partial charge in [0, 0.05) is 26.2 Å². The predicted octanol–water partition coefficient (Wildman–Crippen LogP) is 1.95.